The molecule has 18 heavy (non-hydrogen) atoms. The van der Waals surface area contributed by atoms with E-state index in [1.807, 2.05) is 12.1 Å². The lowest BCUT2D eigenvalue weighted by molar-refractivity contribution is 0.668. The van der Waals surface area contributed by atoms with Crippen molar-refractivity contribution in [1.82, 2.24) is 0 Å². The van der Waals surface area contributed by atoms with Crippen LogP contribution in [-0.2, 0) is 0 Å². The van der Waals surface area contributed by atoms with E-state index < -0.39 is 0 Å². The highest BCUT2D eigenvalue weighted by Gasteiger charge is 2.30. The van der Waals surface area contributed by atoms with E-state index in [0.29, 0.717) is 4.83 Å². The minimum absolute atomic E-state index is 0.496. The van der Waals surface area contributed by atoms with Crippen LogP contribution in [0.1, 0.15) is 23.2 Å². The fraction of sp³-hybridized carbons (Fsp3) is 0.250. The highest BCUT2D eigenvalue weighted by Crippen LogP contribution is 2.47. The van der Waals surface area contributed by atoms with Crippen molar-refractivity contribution in [3.8, 4) is 0 Å². The van der Waals surface area contributed by atoms with Crippen LogP contribution in [0.3, 0.4) is 0 Å². The lowest BCUT2D eigenvalue weighted by atomic mass is 10.0. The second-order valence-corrected chi connectivity index (χ2v) is 6.08. The maximum atomic E-state index is 5.85. The molecule has 0 saturated heterocycles. The molecule has 2 aromatic carbocycles. The van der Waals surface area contributed by atoms with E-state index in [1.54, 1.807) is 0 Å². The van der Waals surface area contributed by atoms with Crippen molar-refractivity contribution in [1.29, 1.82) is 0 Å². The van der Waals surface area contributed by atoms with Crippen LogP contribution in [0, 0.1) is 5.92 Å². The van der Waals surface area contributed by atoms with Gasteiger partial charge in [-0.2, -0.15) is 0 Å². The lowest BCUT2D eigenvalue weighted by Crippen LogP contribution is -1.90. The van der Waals surface area contributed by atoms with Crippen molar-refractivity contribution in [2.75, 3.05) is 0 Å². The molecule has 1 aliphatic carbocycles. The summed E-state index contributed by atoms with van der Waals surface area (Å²) in [4.78, 5) is 0.496. The maximum Gasteiger partial charge on any atom is 0.135 e. The third kappa shape index (κ3) is 1.59. The van der Waals surface area contributed by atoms with Crippen molar-refractivity contribution >= 4 is 37.9 Å². The van der Waals surface area contributed by atoms with Gasteiger partial charge in [0, 0.05) is 15.6 Å². The van der Waals surface area contributed by atoms with Gasteiger partial charge in [0.1, 0.15) is 11.2 Å². The zero-order valence-electron chi connectivity index (χ0n) is 9.90. The predicted octanol–water partition coefficient (Wildman–Crippen LogP) is 5.43. The van der Waals surface area contributed by atoms with Gasteiger partial charge in [0.15, 0.2) is 0 Å². The van der Waals surface area contributed by atoms with Gasteiger partial charge < -0.3 is 4.42 Å². The second-order valence-electron chi connectivity index (χ2n) is 5.09. The smallest absolute Gasteiger partial charge is 0.135 e. The van der Waals surface area contributed by atoms with Gasteiger partial charge in [-0.05, 0) is 42.5 Å². The van der Waals surface area contributed by atoms with Crippen LogP contribution in [0.25, 0.3) is 21.9 Å². The molecule has 0 aliphatic heterocycles. The van der Waals surface area contributed by atoms with Gasteiger partial charge in [-0.1, -0.05) is 40.2 Å². The van der Waals surface area contributed by atoms with Crippen molar-refractivity contribution in [3.63, 3.8) is 0 Å². The Hall–Kier alpha value is -1.28. The molecule has 1 atom stereocenters. The molecule has 1 fully saturated rings. The van der Waals surface area contributed by atoms with Gasteiger partial charge in [0.05, 0.1) is 0 Å². The van der Waals surface area contributed by atoms with Crippen LogP contribution >= 0.6 is 15.9 Å². The molecule has 2 heteroatoms. The Morgan fingerprint density at radius 2 is 1.78 bits per heavy atom. The predicted molar refractivity (Wildman–Crippen MR) is 78.1 cm³/mol. The summed E-state index contributed by atoms with van der Waals surface area (Å²) in [6.07, 6.45) is 2.69. The number of hydrogen-bond donors (Lipinski definition) is 0. The van der Waals surface area contributed by atoms with E-state index >= 15 is 0 Å². The van der Waals surface area contributed by atoms with Crippen molar-refractivity contribution < 1.29 is 4.42 Å². The SMILES string of the molecule is BrC(c1ccc2oc3ccccc3c2c1)C1CC1. The Labute approximate surface area is 114 Å². The summed E-state index contributed by atoms with van der Waals surface area (Å²) >= 11 is 3.82. The number of fused-ring (bicyclic) bond motifs is 3. The fourth-order valence-electron chi connectivity index (χ4n) is 2.58. The number of alkyl halides is 1. The molecular formula is C16H13BrO. The molecule has 1 nitrogen and oxygen atoms in total. The number of benzene rings is 2. The van der Waals surface area contributed by atoms with Crippen molar-refractivity contribution in [3.05, 3.63) is 48.0 Å². The molecule has 1 saturated carbocycles. The van der Waals surface area contributed by atoms with Gasteiger partial charge >= 0.3 is 0 Å². The van der Waals surface area contributed by atoms with Gasteiger partial charge in [-0.25, -0.2) is 0 Å². The average Bonchev–Trinajstić information content (AvgIpc) is 3.18. The van der Waals surface area contributed by atoms with E-state index in [-0.39, 0.29) is 0 Å². The molecule has 1 aliphatic rings. The molecular weight excluding hydrogens is 288 g/mol. The van der Waals surface area contributed by atoms with Crippen LogP contribution < -0.4 is 0 Å². The van der Waals surface area contributed by atoms with E-state index in [4.69, 9.17) is 4.42 Å². The molecule has 90 valence electrons. The topological polar surface area (TPSA) is 13.1 Å². The Bertz CT molecular complexity index is 724. The number of rotatable bonds is 2. The highest BCUT2D eigenvalue weighted by atomic mass is 79.9. The summed E-state index contributed by atoms with van der Waals surface area (Å²) in [6, 6.07) is 14.8. The average molecular weight is 301 g/mol. The number of hydrogen-bond acceptors (Lipinski definition) is 1. The quantitative estimate of drug-likeness (QED) is 0.575. The molecule has 3 aromatic rings. The lowest BCUT2D eigenvalue weighted by Gasteiger charge is -2.08. The van der Waals surface area contributed by atoms with E-state index in [9.17, 15) is 0 Å². The van der Waals surface area contributed by atoms with Crippen molar-refractivity contribution in [2.45, 2.75) is 17.7 Å². The molecule has 0 spiro atoms. The Morgan fingerprint density at radius 1 is 1.00 bits per heavy atom. The summed E-state index contributed by atoms with van der Waals surface area (Å²) in [6.45, 7) is 0. The third-order valence-electron chi connectivity index (χ3n) is 3.76. The summed E-state index contributed by atoms with van der Waals surface area (Å²) in [5, 5.41) is 2.44. The summed E-state index contributed by atoms with van der Waals surface area (Å²) in [7, 11) is 0. The Kier molecular flexibility index (Phi) is 2.28. The van der Waals surface area contributed by atoms with Crippen LogP contribution in [-0.4, -0.2) is 0 Å². The molecule has 4 rings (SSSR count). The first-order chi connectivity index (χ1) is 8.83. The molecule has 0 bridgehead atoms. The minimum atomic E-state index is 0.496. The summed E-state index contributed by atoms with van der Waals surface area (Å²) < 4.78 is 5.85. The third-order valence-corrected chi connectivity index (χ3v) is 5.03. The highest BCUT2D eigenvalue weighted by molar-refractivity contribution is 9.09. The zero-order chi connectivity index (χ0) is 12.1. The summed E-state index contributed by atoms with van der Waals surface area (Å²) in [5.41, 5.74) is 3.33. The van der Waals surface area contributed by atoms with Crippen molar-refractivity contribution in [2.24, 2.45) is 5.92 Å². The van der Waals surface area contributed by atoms with Crippen LogP contribution in [0.4, 0.5) is 0 Å². The maximum absolute atomic E-state index is 5.85. The van der Waals surface area contributed by atoms with Gasteiger partial charge in [-0.15, -0.1) is 0 Å². The van der Waals surface area contributed by atoms with Crippen LogP contribution in [0.2, 0.25) is 0 Å². The molecule has 0 amide bonds. The second kappa shape index (κ2) is 3.86. The monoisotopic (exact) mass is 300 g/mol. The van der Waals surface area contributed by atoms with Crippen LogP contribution in [0.5, 0.6) is 0 Å². The molecule has 0 N–H and O–H groups in total. The van der Waals surface area contributed by atoms with E-state index in [0.717, 1.165) is 17.1 Å². The number of furan rings is 1. The van der Waals surface area contributed by atoms with E-state index in [1.165, 1.54) is 29.2 Å². The van der Waals surface area contributed by atoms with Crippen LogP contribution in [0.15, 0.2) is 46.9 Å². The first-order valence-corrected chi connectivity index (χ1v) is 7.30. The van der Waals surface area contributed by atoms with Gasteiger partial charge in [0.2, 0.25) is 0 Å². The summed E-state index contributed by atoms with van der Waals surface area (Å²) in [5.74, 6) is 0.820. The Morgan fingerprint density at radius 3 is 2.61 bits per heavy atom. The first-order valence-electron chi connectivity index (χ1n) is 6.38. The normalized spacial score (nSPS) is 17.4. The number of halogens is 1. The molecule has 1 unspecified atom stereocenters. The number of para-hydroxylation sites is 1. The first kappa shape index (κ1) is 10.6. The van der Waals surface area contributed by atoms with Gasteiger partial charge in [-0.3, -0.25) is 0 Å². The standard InChI is InChI=1S/C16H13BrO/c17-16(10-5-6-10)11-7-8-15-13(9-11)12-3-1-2-4-14(12)18-15/h1-4,7-10,16H,5-6H2. The molecule has 0 radical (unpaired) electrons. The Balaban J connectivity index is 1.94. The van der Waals surface area contributed by atoms with Gasteiger partial charge in [0.25, 0.3) is 0 Å². The van der Waals surface area contributed by atoms with E-state index in [2.05, 4.69) is 46.3 Å². The minimum Gasteiger partial charge on any atom is -0.456 e. The molecule has 1 heterocycles. The fourth-order valence-corrected chi connectivity index (χ4v) is 3.39. The zero-order valence-corrected chi connectivity index (χ0v) is 11.5. The largest absolute Gasteiger partial charge is 0.456 e. The molecule has 1 aromatic heterocycles.